The Balaban J connectivity index is 2.77. The highest BCUT2D eigenvalue weighted by Gasteiger charge is 2.10. The summed E-state index contributed by atoms with van der Waals surface area (Å²) in [6, 6.07) is 8.84. The molecule has 1 amide bonds. The van der Waals surface area contributed by atoms with Crippen molar-refractivity contribution in [3.63, 3.8) is 0 Å². The Kier molecular flexibility index (Phi) is 2.58. The van der Waals surface area contributed by atoms with E-state index < -0.39 is 5.91 Å². The number of carbonyl (C=O) groups excluding carboxylic acids is 2. The summed E-state index contributed by atoms with van der Waals surface area (Å²) in [5, 5.41) is 0.692. The summed E-state index contributed by atoms with van der Waals surface area (Å²) in [6.07, 6.45) is 1.26. The molecule has 0 aliphatic heterocycles. The van der Waals surface area contributed by atoms with Crippen LogP contribution in [0.1, 0.15) is 16.1 Å². The van der Waals surface area contributed by atoms with Crippen molar-refractivity contribution in [3.05, 3.63) is 41.6 Å². The van der Waals surface area contributed by atoms with E-state index in [1.165, 1.54) is 6.08 Å². The second-order valence-corrected chi connectivity index (χ2v) is 3.34. The zero-order valence-electron chi connectivity index (χ0n) is 8.60. The first-order valence-electron chi connectivity index (χ1n) is 4.71. The minimum atomic E-state index is -0.586. The first-order chi connectivity index (χ1) is 7.72. The Bertz CT molecular complexity index is 613. The van der Waals surface area contributed by atoms with E-state index in [0.717, 1.165) is 0 Å². The van der Waals surface area contributed by atoms with Crippen molar-refractivity contribution in [3.8, 4) is 0 Å². The molecule has 0 aliphatic carbocycles. The van der Waals surface area contributed by atoms with Crippen LogP contribution in [0.2, 0.25) is 0 Å². The van der Waals surface area contributed by atoms with Crippen molar-refractivity contribution >= 4 is 22.9 Å². The summed E-state index contributed by atoms with van der Waals surface area (Å²) in [6.45, 7) is 1.79. The zero-order chi connectivity index (χ0) is 11.5. The summed E-state index contributed by atoms with van der Waals surface area (Å²) in [7, 11) is 0. The molecule has 0 unspecified atom stereocenters. The van der Waals surface area contributed by atoms with Gasteiger partial charge in [-0.05, 0) is 19.1 Å². The highest BCUT2D eigenvalue weighted by molar-refractivity contribution is 6.07. The Hall–Kier alpha value is -2.32. The zero-order valence-corrected chi connectivity index (χ0v) is 8.60. The number of amides is 1. The number of hydrogen-bond acceptors (Lipinski definition) is 3. The smallest absolute Gasteiger partial charge is 0.266 e. The number of benzene rings is 1. The molecule has 0 saturated heterocycles. The molecular formula is C12H8N2O2. The third kappa shape index (κ3) is 1.74. The average molecular weight is 212 g/mol. The molecule has 0 spiro atoms. The van der Waals surface area contributed by atoms with Crippen LogP contribution >= 0.6 is 0 Å². The Labute approximate surface area is 91.6 Å². The molecule has 78 valence electrons. The Morgan fingerprint density at radius 3 is 2.88 bits per heavy atom. The minimum absolute atomic E-state index is 0.381. The molecule has 0 bridgehead atoms. The quantitative estimate of drug-likeness (QED) is 0.536. The SMILES string of the molecule is Cc1cc(C(=O)N=C=O)c2ccccc2n1. The highest BCUT2D eigenvalue weighted by atomic mass is 16.2. The Morgan fingerprint density at radius 2 is 2.12 bits per heavy atom. The van der Waals surface area contributed by atoms with Crippen LogP contribution in [0, 0.1) is 6.92 Å². The molecule has 16 heavy (non-hydrogen) atoms. The normalized spacial score (nSPS) is 9.81. The highest BCUT2D eigenvalue weighted by Crippen LogP contribution is 2.18. The molecule has 0 saturated carbocycles. The second kappa shape index (κ2) is 4.04. The lowest BCUT2D eigenvalue weighted by Gasteiger charge is -2.03. The maximum Gasteiger partial charge on any atom is 0.288 e. The van der Waals surface area contributed by atoms with E-state index >= 15 is 0 Å². The summed E-state index contributed by atoms with van der Waals surface area (Å²) in [5.74, 6) is -0.586. The van der Waals surface area contributed by atoms with E-state index in [1.54, 1.807) is 25.1 Å². The molecule has 0 N–H and O–H groups in total. The summed E-state index contributed by atoms with van der Waals surface area (Å²) >= 11 is 0. The van der Waals surface area contributed by atoms with Gasteiger partial charge in [0.1, 0.15) is 0 Å². The molecule has 0 atom stereocenters. The predicted octanol–water partition coefficient (Wildman–Crippen LogP) is 2.02. The van der Waals surface area contributed by atoms with Crippen LogP contribution < -0.4 is 0 Å². The van der Waals surface area contributed by atoms with Crippen LogP contribution in [-0.2, 0) is 4.79 Å². The average Bonchev–Trinajstić information content (AvgIpc) is 2.28. The van der Waals surface area contributed by atoms with Crippen molar-refractivity contribution in [2.75, 3.05) is 0 Å². The number of hydrogen-bond donors (Lipinski definition) is 0. The third-order valence-electron chi connectivity index (χ3n) is 2.22. The van der Waals surface area contributed by atoms with Gasteiger partial charge in [-0.1, -0.05) is 18.2 Å². The molecule has 4 nitrogen and oxygen atoms in total. The fourth-order valence-electron chi connectivity index (χ4n) is 1.59. The summed E-state index contributed by atoms with van der Waals surface area (Å²) in [5.41, 5.74) is 1.81. The van der Waals surface area contributed by atoms with E-state index in [4.69, 9.17) is 0 Å². The van der Waals surface area contributed by atoms with Gasteiger partial charge in [0.25, 0.3) is 5.91 Å². The maximum absolute atomic E-state index is 11.6. The lowest BCUT2D eigenvalue weighted by atomic mass is 10.1. The van der Waals surface area contributed by atoms with Crippen molar-refractivity contribution in [2.24, 2.45) is 4.99 Å². The molecule has 2 rings (SSSR count). The maximum atomic E-state index is 11.6. The van der Waals surface area contributed by atoms with Crippen LogP contribution in [0.3, 0.4) is 0 Å². The minimum Gasteiger partial charge on any atom is -0.266 e. The fourth-order valence-corrected chi connectivity index (χ4v) is 1.59. The number of aliphatic imine (C=N–C) groups is 1. The predicted molar refractivity (Wildman–Crippen MR) is 58.9 cm³/mol. The molecule has 2 aromatic rings. The van der Waals surface area contributed by atoms with Crippen LogP contribution in [0.4, 0.5) is 0 Å². The van der Waals surface area contributed by atoms with Gasteiger partial charge in [-0.25, -0.2) is 4.79 Å². The van der Waals surface area contributed by atoms with Gasteiger partial charge < -0.3 is 0 Å². The summed E-state index contributed by atoms with van der Waals surface area (Å²) < 4.78 is 0. The fraction of sp³-hybridized carbons (Fsp3) is 0.0833. The van der Waals surface area contributed by atoms with E-state index in [0.29, 0.717) is 22.2 Å². The molecule has 0 radical (unpaired) electrons. The number of nitrogens with zero attached hydrogens (tertiary/aromatic N) is 2. The van der Waals surface area contributed by atoms with Gasteiger partial charge in [0.15, 0.2) is 0 Å². The van der Waals surface area contributed by atoms with Gasteiger partial charge in [0.2, 0.25) is 6.08 Å². The number of fused-ring (bicyclic) bond motifs is 1. The molecular weight excluding hydrogens is 204 g/mol. The number of para-hydroxylation sites is 1. The van der Waals surface area contributed by atoms with Gasteiger partial charge >= 0.3 is 0 Å². The molecule has 1 aromatic heterocycles. The summed E-state index contributed by atoms with van der Waals surface area (Å²) in [4.78, 5) is 29.0. The molecule has 4 heteroatoms. The molecule has 0 aliphatic rings. The van der Waals surface area contributed by atoms with Gasteiger partial charge in [0.05, 0.1) is 11.1 Å². The number of isocyanates is 1. The van der Waals surface area contributed by atoms with Crippen LogP contribution in [0.15, 0.2) is 35.3 Å². The first kappa shape index (κ1) is 10.2. The largest absolute Gasteiger partial charge is 0.288 e. The van der Waals surface area contributed by atoms with Gasteiger partial charge in [-0.2, -0.15) is 0 Å². The lowest BCUT2D eigenvalue weighted by Crippen LogP contribution is -1.98. The van der Waals surface area contributed by atoms with E-state index in [2.05, 4.69) is 9.98 Å². The Morgan fingerprint density at radius 1 is 1.38 bits per heavy atom. The van der Waals surface area contributed by atoms with E-state index in [9.17, 15) is 9.59 Å². The topological polar surface area (TPSA) is 59.4 Å². The van der Waals surface area contributed by atoms with Crippen molar-refractivity contribution in [1.82, 2.24) is 4.98 Å². The van der Waals surface area contributed by atoms with Crippen LogP contribution in [0.25, 0.3) is 10.9 Å². The molecule has 1 aromatic carbocycles. The molecule has 1 heterocycles. The first-order valence-corrected chi connectivity index (χ1v) is 4.71. The molecule has 0 fully saturated rings. The van der Waals surface area contributed by atoms with Gasteiger partial charge in [0, 0.05) is 11.1 Å². The van der Waals surface area contributed by atoms with Crippen LogP contribution in [0.5, 0.6) is 0 Å². The van der Waals surface area contributed by atoms with Crippen LogP contribution in [-0.4, -0.2) is 17.0 Å². The second-order valence-electron chi connectivity index (χ2n) is 3.34. The van der Waals surface area contributed by atoms with Crippen molar-refractivity contribution in [2.45, 2.75) is 6.92 Å². The standard InChI is InChI=1S/C12H8N2O2/c1-8-6-10(12(16)13-7-15)9-4-2-3-5-11(9)14-8/h2-6H,1H3. The number of rotatable bonds is 1. The van der Waals surface area contributed by atoms with E-state index in [1.807, 2.05) is 12.1 Å². The monoisotopic (exact) mass is 212 g/mol. The van der Waals surface area contributed by atoms with Crippen molar-refractivity contribution in [1.29, 1.82) is 0 Å². The number of aromatic nitrogens is 1. The number of aryl methyl sites for hydroxylation is 1. The van der Waals surface area contributed by atoms with Gasteiger partial charge in [-0.15, -0.1) is 4.99 Å². The van der Waals surface area contributed by atoms with E-state index in [-0.39, 0.29) is 0 Å². The van der Waals surface area contributed by atoms with Gasteiger partial charge in [-0.3, -0.25) is 9.78 Å². The number of pyridine rings is 1. The lowest BCUT2D eigenvalue weighted by molar-refractivity contribution is 0.100. The van der Waals surface area contributed by atoms with Crippen molar-refractivity contribution < 1.29 is 9.59 Å². The number of carbonyl (C=O) groups is 1. The third-order valence-corrected chi connectivity index (χ3v) is 2.22.